The van der Waals surface area contributed by atoms with Gasteiger partial charge in [-0.3, -0.25) is 10.7 Å². The SMILES string of the molecule is N#CNC1=NN(Cl)N[C]=C1. The third-order valence-electron chi connectivity index (χ3n) is 0.745. The van der Waals surface area contributed by atoms with Crippen molar-refractivity contribution in [3.63, 3.8) is 0 Å². The van der Waals surface area contributed by atoms with Crippen LogP contribution in [-0.2, 0) is 0 Å². The fourth-order valence-electron chi connectivity index (χ4n) is 0.421. The van der Waals surface area contributed by atoms with Gasteiger partial charge in [0, 0.05) is 6.08 Å². The van der Waals surface area contributed by atoms with E-state index in [1.807, 2.05) is 0 Å². The maximum absolute atomic E-state index is 8.13. The lowest BCUT2D eigenvalue weighted by atomic mass is 10.5. The third kappa shape index (κ3) is 1.53. The highest BCUT2D eigenvalue weighted by Crippen LogP contribution is 1.94. The van der Waals surface area contributed by atoms with Gasteiger partial charge < -0.3 is 0 Å². The Balaban J connectivity index is 2.59. The highest BCUT2D eigenvalue weighted by Gasteiger charge is 2.01. The van der Waals surface area contributed by atoms with Gasteiger partial charge in [-0.1, -0.05) is 0 Å². The van der Waals surface area contributed by atoms with Gasteiger partial charge in [0.15, 0.2) is 12.0 Å². The van der Waals surface area contributed by atoms with E-state index in [-0.39, 0.29) is 0 Å². The fraction of sp³-hybridized carbons (Fsp3) is 0. The lowest BCUT2D eigenvalue weighted by Gasteiger charge is -2.12. The molecule has 0 saturated heterocycles. The number of nitrogens with zero attached hydrogens (tertiary/aromatic N) is 3. The molecule has 0 aliphatic carbocycles. The predicted octanol–water partition coefficient (Wildman–Crippen LogP) is -0.339. The summed E-state index contributed by atoms with van der Waals surface area (Å²) in [5, 5.41) is 14.0. The topological polar surface area (TPSA) is 63.5 Å². The van der Waals surface area contributed by atoms with Crippen molar-refractivity contribution in [1.29, 1.82) is 5.26 Å². The molecule has 2 N–H and O–H groups in total. The van der Waals surface area contributed by atoms with E-state index >= 15 is 0 Å². The molecule has 0 aromatic rings. The molecule has 0 fully saturated rings. The van der Waals surface area contributed by atoms with Gasteiger partial charge >= 0.3 is 0 Å². The van der Waals surface area contributed by atoms with Crippen molar-refractivity contribution >= 4 is 17.6 Å². The monoisotopic (exact) mass is 156 g/mol. The van der Waals surface area contributed by atoms with Crippen molar-refractivity contribution in [3.05, 3.63) is 12.3 Å². The molecule has 0 bridgehead atoms. The molecular weight excluding hydrogens is 154 g/mol. The molecule has 0 aromatic heterocycles. The average Bonchev–Trinajstić information content (AvgIpc) is 1.88. The van der Waals surface area contributed by atoms with Crippen molar-refractivity contribution < 1.29 is 0 Å². The molecule has 0 atom stereocenters. The van der Waals surface area contributed by atoms with Crippen LogP contribution in [0.4, 0.5) is 0 Å². The number of hydrazone groups is 1. The van der Waals surface area contributed by atoms with Gasteiger partial charge in [-0.25, -0.2) is 0 Å². The predicted molar refractivity (Wildman–Crippen MR) is 34.8 cm³/mol. The molecule has 0 amide bonds. The second-order valence-electron chi connectivity index (χ2n) is 1.38. The van der Waals surface area contributed by atoms with E-state index in [0.717, 1.165) is 4.64 Å². The number of nitrogens with one attached hydrogen (secondary N) is 2. The average molecular weight is 157 g/mol. The largest absolute Gasteiger partial charge is 0.275 e. The summed E-state index contributed by atoms with van der Waals surface area (Å²) in [7, 11) is 0. The Morgan fingerprint density at radius 3 is 3.40 bits per heavy atom. The minimum Gasteiger partial charge on any atom is -0.275 e. The summed E-state index contributed by atoms with van der Waals surface area (Å²) < 4.78 is 0.916. The van der Waals surface area contributed by atoms with Crippen LogP contribution in [0.1, 0.15) is 0 Å². The zero-order valence-electron chi connectivity index (χ0n) is 4.80. The van der Waals surface area contributed by atoms with E-state index in [1.54, 1.807) is 6.19 Å². The van der Waals surface area contributed by atoms with E-state index in [0.29, 0.717) is 5.84 Å². The van der Waals surface area contributed by atoms with E-state index in [9.17, 15) is 0 Å². The second kappa shape index (κ2) is 2.94. The summed E-state index contributed by atoms with van der Waals surface area (Å²) in [5.41, 5.74) is 2.43. The van der Waals surface area contributed by atoms with Crippen LogP contribution >= 0.6 is 11.8 Å². The van der Waals surface area contributed by atoms with Crippen LogP contribution in [0.25, 0.3) is 0 Å². The van der Waals surface area contributed by atoms with Crippen LogP contribution in [0.15, 0.2) is 11.2 Å². The van der Waals surface area contributed by atoms with Crippen LogP contribution < -0.4 is 10.7 Å². The van der Waals surface area contributed by atoms with E-state index in [1.165, 1.54) is 6.08 Å². The molecular formula is C4H3ClN5. The molecule has 10 heavy (non-hydrogen) atoms. The Morgan fingerprint density at radius 2 is 2.80 bits per heavy atom. The zero-order chi connectivity index (χ0) is 7.40. The molecule has 1 aliphatic heterocycles. The van der Waals surface area contributed by atoms with Gasteiger partial charge in [0.2, 0.25) is 0 Å². The smallest absolute Gasteiger partial charge is 0.182 e. The Labute approximate surface area is 62.6 Å². The Hall–Kier alpha value is -1.41. The molecule has 1 radical (unpaired) electrons. The molecule has 0 spiro atoms. The Bertz CT molecular complexity index is 214. The molecule has 6 heteroatoms. The summed E-state index contributed by atoms with van der Waals surface area (Å²) in [6.07, 6.45) is 5.70. The first kappa shape index (κ1) is 6.71. The van der Waals surface area contributed by atoms with Crippen molar-refractivity contribution in [2.75, 3.05) is 0 Å². The summed E-state index contributed by atoms with van der Waals surface area (Å²) >= 11 is 5.35. The van der Waals surface area contributed by atoms with Gasteiger partial charge in [-0.05, 0) is 0 Å². The molecule has 1 rings (SSSR count). The lowest BCUT2D eigenvalue weighted by Crippen LogP contribution is -2.29. The van der Waals surface area contributed by atoms with Crippen LogP contribution in [-0.4, -0.2) is 10.5 Å². The van der Waals surface area contributed by atoms with Crippen LogP contribution in [0.3, 0.4) is 0 Å². The van der Waals surface area contributed by atoms with Crippen LogP contribution in [0.5, 0.6) is 0 Å². The number of amidine groups is 1. The normalized spacial score (nSPS) is 15.2. The quantitative estimate of drug-likeness (QED) is 0.286. The lowest BCUT2D eigenvalue weighted by molar-refractivity contribution is 0.400. The van der Waals surface area contributed by atoms with Crippen molar-refractivity contribution in [1.82, 2.24) is 15.4 Å². The number of hydrogen-bond donors (Lipinski definition) is 2. The number of halogens is 1. The van der Waals surface area contributed by atoms with Crippen molar-refractivity contribution in [2.45, 2.75) is 0 Å². The first-order valence-electron chi connectivity index (χ1n) is 2.37. The summed E-state index contributed by atoms with van der Waals surface area (Å²) in [4.78, 5) is 0. The first-order chi connectivity index (χ1) is 4.83. The van der Waals surface area contributed by atoms with Gasteiger partial charge in [0.25, 0.3) is 0 Å². The van der Waals surface area contributed by atoms with E-state index < -0.39 is 0 Å². The molecule has 1 heterocycles. The summed E-state index contributed by atoms with van der Waals surface area (Å²) in [6.45, 7) is 0. The van der Waals surface area contributed by atoms with Crippen LogP contribution in [0.2, 0.25) is 0 Å². The number of hydrogen-bond acceptors (Lipinski definition) is 5. The van der Waals surface area contributed by atoms with Gasteiger partial charge in [-0.15, -0.1) is 9.74 Å². The molecule has 0 saturated carbocycles. The number of rotatable bonds is 0. The van der Waals surface area contributed by atoms with Crippen molar-refractivity contribution in [2.24, 2.45) is 5.10 Å². The third-order valence-corrected chi connectivity index (χ3v) is 0.905. The van der Waals surface area contributed by atoms with Gasteiger partial charge in [0.1, 0.15) is 0 Å². The van der Waals surface area contributed by atoms with E-state index in [2.05, 4.69) is 22.0 Å². The molecule has 5 nitrogen and oxygen atoms in total. The molecule has 1 aliphatic rings. The second-order valence-corrected chi connectivity index (χ2v) is 1.70. The first-order valence-corrected chi connectivity index (χ1v) is 2.71. The molecule has 51 valence electrons. The van der Waals surface area contributed by atoms with E-state index in [4.69, 9.17) is 17.0 Å². The Morgan fingerprint density at radius 1 is 2.00 bits per heavy atom. The number of nitriles is 1. The summed E-state index contributed by atoms with van der Waals surface area (Å²) in [6, 6.07) is 0. The minimum atomic E-state index is 0.344. The van der Waals surface area contributed by atoms with Crippen molar-refractivity contribution in [3.8, 4) is 6.19 Å². The van der Waals surface area contributed by atoms with Crippen LogP contribution in [0, 0.1) is 17.7 Å². The zero-order valence-corrected chi connectivity index (χ0v) is 5.55. The maximum atomic E-state index is 8.13. The molecule has 0 aromatic carbocycles. The maximum Gasteiger partial charge on any atom is 0.182 e. The Kier molecular flexibility index (Phi) is 1.97. The minimum absolute atomic E-state index is 0.344. The number of hydrazine groups is 1. The highest BCUT2D eigenvalue weighted by atomic mass is 35.5. The summed E-state index contributed by atoms with van der Waals surface area (Å²) in [5.74, 6) is 0.344. The molecule has 0 unspecified atom stereocenters. The van der Waals surface area contributed by atoms with Gasteiger partial charge in [0.05, 0.1) is 18.0 Å². The standard InChI is InChI=1S/C4H3ClN5/c5-10-8-2-1-4(9-10)7-3-6/h1,8H,(H,7,9). The van der Waals surface area contributed by atoms with Gasteiger partial charge in [-0.2, -0.15) is 5.26 Å². The highest BCUT2D eigenvalue weighted by molar-refractivity contribution is 6.13. The fourth-order valence-corrected chi connectivity index (χ4v) is 0.551.